The van der Waals surface area contributed by atoms with Gasteiger partial charge in [0.25, 0.3) is 0 Å². The fraction of sp³-hybridized carbons (Fsp3) is 0.571. The molecular formula is C28H43O4P. The molecule has 33 heavy (non-hydrogen) atoms. The number of hydrogen-bond donors (Lipinski definition) is 0. The maximum Gasteiger partial charge on any atom is 0.587 e. The summed E-state index contributed by atoms with van der Waals surface area (Å²) in [5.74, 6) is 1.32. The quantitative estimate of drug-likeness (QED) is 0.150. The summed E-state index contributed by atoms with van der Waals surface area (Å²) >= 11 is 0. The van der Waals surface area contributed by atoms with Gasteiger partial charge < -0.3 is 9.05 Å². The van der Waals surface area contributed by atoms with E-state index in [1.807, 2.05) is 36.4 Å². The number of benzene rings is 2. The van der Waals surface area contributed by atoms with E-state index in [1.54, 1.807) is 24.3 Å². The van der Waals surface area contributed by atoms with Crippen LogP contribution < -0.4 is 9.05 Å². The van der Waals surface area contributed by atoms with Crippen molar-refractivity contribution in [3.63, 3.8) is 0 Å². The third-order valence-electron chi connectivity index (χ3n) is 5.82. The highest BCUT2D eigenvalue weighted by Crippen LogP contribution is 2.50. The zero-order chi connectivity index (χ0) is 23.6. The van der Waals surface area contributed by atoms with Gasteiger partial charge in [-0.2, -0.15) is 0 Å². The molecule has 2 rings (SSSR count). The number of para-hydroxylation sites is 2. The molecule has 0 aliphatic heterocycles. The largest absolute Gasteiger partial charge is 0.587 e. The van der Waals surface area contributed by atoms with E-state index >= 15 is 0 Å². The normalized spacial score (nSPS) is 12.4. The highest BCUT2D eigenvalue weighted by atomic mass is 31.2. The van der Waals surface area contributed by atoms with Crippen molar-refractivity contribution < 1.29 is 18.1 Å². The fourth-order valence-corrected chi connectivity index (χ4v) is 5.17. The van der Waals surface area contributed by atoms with Crippen LogP contribution >= 0.6 is 7.82 Å². The Morgan fingerprint density at radius 2 is 1.06 bits per heavy atom. The van der Waals surface area contributed by atoms with Crippen LogP contribution in [0.15, 0.2) is 60.7 Å². The molecule has 0 fully saturated rings. The van der Waals surface area contributed by atoms with Crippen LogP contribution in [-0.4, -0.2) is 6.61 Å². The van der Waals surface area contributed by atoms with Crippen LogP contribution in [0.3, 0.4) is 0 Å². The Balaban J connectivity index is 1.98. The van der Waals surface area contributed by atoms with Gasteiger partial charge in [0.05, 0.1) is 6.61 Å². The average Bonchev–Trinajstić information content (AvgIpc) is 2.83. The van der Waals surface area contributed by atoms with E-state index in [0.717, 1.165) is 12.8 Å². The van der Waals surface area contributed by atoms with Crippen LogP contribution in [0.5, 0.6) is 11.5 Å². The van der Waals surface area contributed by atoms with Crippen molar-refractivity contribution in [2.75, 3.05) is 6.61 Å². The van der Waals surface area contributed by atoms with Gasteiger partial charge in [-0.25, -0.2) is 4.57 Å². The first-order valence-electron chi connectivity index (χ1n) is 12.9. The number of phosphoric acid groups is 1. The van der Waals surface area contributed by atoms with E-state index in [2.05, 4.69) is 13.8 Å². The van der Waals surface area contributed by atoms with E-state index in [9.17, 15) is 4.57 Å². The molecule has 2 aromatic rings. The Morgan fingerprint density at radius 3 is 1.55 bits per heavy atom. The molecule has 0 spiro atoms. The zero-order valence-corrected chi connectivity index (χ0v) is 21.5. The molecule has 1 unspecified atom stereocenters. The highest BCUT2D eigenvalue weighted by Gasteiger charge is 2.32. The molecule has 4 nitrogen and oxygen atoms in total. The summed E-state index contributed by atoms with van der Waals surface area (Å²) in [7, 11) is -3.82. The van der Waals surface area contributed by atoms with Gasteiger partial charge >= 0.3 is 7.82 Å². The Morgan fingerprint density at radius 1 is 0.636 bits per heavy atom. The van der Waals surface area contributed by atoms with Gasteiger partial charge in [0.1, 0.15) is 11.5 Å². The van der Waals surface area contributed by atoms with E-state index in [4.69, 9.17) is 13.6 Å². The minimum absolute atomic E-state index is 0.361. The maximum absolute atomic E-state index is 13.6. The zero-order valence-electron chi connectivity index (χ0n) is 20.6. The molecular weight excluding hydrogens is 431 g/mol. The summed E-state index contributed by atoms with van der Waals surface area (Å²) in [6.07, 6.45) is 14.7. The summed E-state index contributed by atoms with van der Waals surface area (Å²) in [6, 6.07) is 18.2. The number of phosphoric ester groups is 1. The van der Waals surface area contributed by atoms with Gasteiger partial charge in [0, 0.05) is 0 Å². The Bertz CT molecular complexity index is 720. The maximum atomic E-state index is 13.6. The van der Waals surface area contributed by atoms with Crippen molar-refractivity contribution >= 4 is 7.82 Å². The van der Waals surface area contributed by atoms with E-state index in [1.165, 1.54) is 64.2 Å². The lowest BCUT2D eigenvalue weighted by Gasteiger charge is -2.22. The topological polar surface area (TPSA) is 44.8 Å². The lowest BCUT2D eigenvalue weighted by atomic mass is 9.95. The van der Waals surface area contributed by atoms with Crippen molar-refractivity contribution in [3.05, 3.63) is 60.7 Å². The van der Waals surface area contributed by atoms with Crippen molar-refractivity contribution in [1.29, 1.82) is 0 Å². The van der Waals surface area contributed by atoms with Gasteiger partial charge in [-0.15, -0.1) is 0 Å². The molecule has 0 aliphatic carbocycles. The van der Waals surface area contributed by atoms with Crippen LogP contribution in [0.25, 0.3) is 0 Å². The van der Waals surface area contributed by atoms with Gasteiger partial charge in [-0.05, 0) is 43.0 Å². The van der Waals surface area contributed by atoms with E-state index in [0.29, 0.717) is 24.0 Å². The van der Waals surface area contributed by atoms with Gasteiger partial charge in [-0.1, -0.05) is 114 Å². The smallest absolute Gasteiger partial charge is 0.395 e. The molecule has 0 amide bonds. The minimum atomic E-state index is -3.82. The first-order valence-corrected chi connectivity index (χ1v) is 14.3. The van der Waals surface area contributed by atoms with Crippen molar-refractivity contribution in [2.45, 2.75) is 90.9 Å². The van der Waals surface area contributed by atoms with Crippen molar-refractivity contribution in [3.8, 4) is 11.5 Å². The summed E-state index contributed by atoms with van der Waals surface area (Å²) in [6.45, 7) is 4.87. The molecule has 0 aliphatic rings. The van der Waals surface area contributed by atoms with E-state index in [-0.39, 0.29) is 0 Å². The fourth-order valence-electron chi connectivity index (χ4n) is 3.87. The standard InChI is InChI=1S/C28H43O4P/c1-3-5-7-9-10-14-20-26(19-13-8-6-4-2)25-30-33(29,31-27-21-15-11-16-22-27)32-28-23-17-12-18-24-28/h11-12,15-18,21-24,26H,3-10,13-14,19-20,25H2,1-2H3. The molecule has 0 aromatic heterocycles. The first kappa shape index (κ1) is 27.5. The minimum Gasteiger partial charge on any atom is -0.395 e. The molecule has 184 valence electrons. The van der Waals surface area contributed by atoms with Crippen LogP contribution in [0.1, 0.15) is 90.9 Å². The van der Waals surface area contributed by atoms with Crippen molar-refractivity contribution in [2.24, 2.45) is 5.92 Å². The number of hydrogen-bond acceptors (Lipinski definition) is 4. The molecule has 1 atom stereocenters. The number of unbranched alkanes of at least 4 members (excludes halogenated alkanes) is 8. The van der Waals surface area contributed by atoms with E-state index < -0.39 is 7.82 Å². The monoisotopic (exact) mass is 474 g/mol. The Hall–Kier alpha value is -1.77. The van der Waals surface area contributed by atoms with Gasteiger partial charge in [0.15, 0.2) is 0 Å². The molecule has 0 bridgehead atoms. The molecule has 0 radical (unpaired) electrons. The van der Waals surface area contributed by atoms with Crippen LogP contribution in [-0.2, 0) is 9.09 Å². The summed E-state index contributed by atoms with van der Waals surface area (Å²) in [4.78, 5) is 0. The van der Waals surface area contributed by atoms with Crippen LogP contribution in [0.2, 0.25) is 0 Å². The third-order valence-corrected chi connectivity index (χ3v) is 7.16. The highest BCUT2D eigenvalue weighted by molar-refractivity contribution is 7.49. The lowest BCUT2D eigenvalue weighted by molar-refractivity contribution is 0.166. The average molecular weight is 475 g/mol. The molecule has 0 N–H and O–H groups in total. The first-order chi connectivity index (χ1) is 16.1. The summed E-state index contributed by atoms with van der Waals surface area (Å²) in [5, 5.41) is 0. The molecule has 0 saturated heterocycles. The third kappa shape index (κ3) is 12.3. The molecule has 0 saturated carbocycles. The summed E-state index contributed by atoms with van der Waals surface area (Å²) < 4.78 is 31.1. The molecule has 2 aromatic carbocycles. The molecule has 5 heteroatoms. The SMILES string of the molecule is CCCCCCCCC(CCCCCC)COP(=O)(Oc1ccccc1)Oc1ccccc1. The Kier molecular flexibility index (Phi) is 14.0. The van der Waals surface area contributed by atoms with Crippen molar-refractivity contribution in [1.82, 2.24) is 0 Å². The Labute approximate surface area is 201 Å². The second kappa shape index (κ2) is 16.8. The van der Waals surface area contributed by atoms with Gasteiger partial charge in [0.2, 0.25) is 0 Å². The van der Waals surface area contributed by atoms with Gasteiger partial charge in [-0.3, -0.25) is 4.52 Å². The molecule has 0 heterocycles. The predicted octanol–water partition coefficient (Wildman–Crippen LogP) is 9.61. The predicted molar refractivity (Wildman–Crippen MR) is 138 cm³/mol. The second-order valence-corrected chi connectivity index (χ2v) is 10.3. The van der Waals surface area contributed by atoms with Crippen LogP contribution in [0, 0.1) is 5.92 Å². The lowest BCUT2D eigenvalue weighted by Crippen LogP contribution is -2.13. The van der Waals surface area contributed by atoms with Crippen LogP contribution in [0.4, 0.5) is 0 Å². The summed E-state index contributed by atoms with van der Waals surface area (Å²) in [5.41, 5.74) is 0. The second-order valence-electron chi connectivity index (χ2n) is 8.82. The number of rotatable bonds is 19.